The fraction of sp³-hybridized carbons (Fsp3) is 0.348. The van der Waals surface area contributed by atoms with Gasteiger partial charge in [-0.3, -0.25) is 4.79 Å². The first kappa shape index (κ1) is 23.0. The zero-order valence-electron chi connectivity index (χ0n) is 17.6. The highest BCUT2D eigenvalue weighted by atomic mass is 35.5. The molecule has 2 atom stereocenters. The van der Waals surface area contributed by atoms with Crippen LogP contribution in [-0.2, 0) is 16.0 Å². The normalized spacial score (nSPS) is 12.9. The summed E-state index contributed by atoms with van der Waals surface area (Å²) in [7, 11) is 0. The Hall–Kier alpha value is -2.64. The standard InChI is InChI=1S/C23H26ClN3O3S/c1-3-4-8-18(17-9-5-6-10-19(17)24)22-25-14-16(27-22)13-20(28)26-15(2)23(29)30-21-11-7-12-31-21/h5-7,9-12,14-15,18H,3-4,8,13H2,1-2H3,(H,25,27)(H,26,28)/t15-,18?/m0/s1. The van der Waals surface area contributed by atoms with E-state index < -0.39 is 12.0 Å². The molecule has 2 N–H and O–H groups in total. The smallest absolute Gasteiger partial charge is 0.334 e. The molecule has 6 nitrogen and oxygen atoms in total. The van der Waals surface area contributed by atoms with Crippen molar-refractivity contribution in [1.82, 2.24) is 15.3 Å². The summed E-state index contributed by atoms with van der Waals surface area (Å²) >= 11 is 7.75. The number of H-pyrrole nitrogens is 1. The molecule has 1 amide bonds. The van der Waals surface area contributed by atoms with Gasteiger partial charge in [-0.1, -0.05) is 49.6 Å². The van der Waals surface area contributed by atoms with Crippen molar-refractivity contribution in [3.63, 3.8) is 0 Å². The Morgan fingerprint density at radius 1 is 1.26 bits per heavy atom. The number of carbonyl (C=O) groups excluding carboxylic acids is 2. The number of halogens is 1. The number of carbonyl (C=O) groups is 2. The number of ether oxygens (including phenoxy) is 1. The highest BCUT2D eigenvalue weighted by Crippen LogP contribution is 2.32. The van der Waals surface area contributed by atoms with Crippen molar-refractivity contribution in [3.05, 3.63) is 70.1 Å². The number of nitrogens with one attached hydrogen (secondary N) is 2. The van der Waals surface area contributed by atoms with E-state index in [-0.39, 0.29) is 18.2 Å². The number of amides is 1. The van der Waals surface area contributed by atoms with Crippen LogP contribution in [0.5, 0.6) is 5.06 Å². The third-order valence-corrected chi connectivity index (χ3v) is 5.97. The summed E-state index contributed by atoms with van der Waals surface area (Å²) in [5.74, 6) is 0.0350. The number of benzene rings is 1. The second-order valence-electron chi connectivity index (χ2n) is 7.33. The van der Waals surface area contributed by atoms with Crippen LogP contribution in [0.15, 0.2) is 48.0 Å². The largest absolute Gasteiger partial charge is 0.414 e. The minimum Gasteiger partial charge on any atom is -0.414 e. The van der Waals surface area contributed by atoms with Crippen molar-refractivity contribution in [2.75, 3.05) is 0 Å². The minimum atomic E-state index is -0.752. The molecule has 0 bridgehead atoms. The number of hydrogen-bond acceptors (Lipinski definition) is 5. The lowest BCUT2D eigenvalue weighted by atomic mass is 9.93. The van der Waals surface area contributed by atoms with Crippen LogP contribution in [-0.4, -0.2) is 27.9 Å². The van der Waals surface area contributed by atoms with Gasteiger partial charge in [0.1, 0.15) is 11.9 Å². The maximum atomic E-state index is 12.4. The molecule has 1 aromatic carbocycles. The Morgan fingerprint density at radius 2 is 2.06 bits per heavy atom. The van der Waals surface area contributed by atoms with E-state index in [1.54, 1.807) is 25.3 Å². The number of imidazole rings is 1. The molecule has 0 radical (unpaired) electrons. The number of aromatic nitrogens is 2. The summed E-state index contributed by atoms with van der Waals surface area (Å²) in [5.41, 5.74) is 1.70. The van der Waals surface area contributed by atoms with Gasteiger partial charge in [-0.2, -0.15) is 0 Å². The Morgan fingerprint density at radius 3 is 2.77 bits per heavy atom. The highest BCUT2D eigenvalue weighted by molar-refractivity contribution is 7.11. The highest BCUT2D eigenvalue weighted by Gasteiger charge is 2.22. The Balaban J connectivity index is 1.62. The second-order valence-corrected chi connectivity index (χ2v) is 8.65. The van der Waals surface area contributed by atoms with Gasteiger partial charge in [0, 0.05) is 22.8 Å². The van der Waals surface area contributed by atoms with Crippen molar-refractivity contribution < 1.29 is 14.3 Å². The van der Waals surface area contributed by atoms with Crippen molar-refractivity contribution in [2.45, 2.75) is 51.5 Å². The predicted molar refractivity (Wildman–Crippen MR) is 123 cm³/mol. The van der Waals surface area contributed by atoms with Gasteiger partial charge in [-0.05, 0) is 42.5 Å². The zero-order valence-corrected chi connectivity index (χ0v) is 19.1. The minimum absolute atomic E-state index is 0.0326. The number of aromatic amines is 1. The zero-order chi connectivity index (χ0) is 22.2. The monoisotopic (exact) mass is 459 g/mol. The molecule has 0 fully saturated rings. The average Bonchev–Trinajstić information content (AvgIpc) is 3.41. The second kappa shape index (κ2) is 11.1. The van der Waals surface area contributed by atoms with Crippen LogP contribution in [0.4, 0.5) is 0 Å². The lowest BCUT2D eigenvalue weighted by molar-refractivity contribution is -0.138. The molecule has 0 saturated carbocycles. The number of nitrogens with zero attached hydrogens (tertiary/aromatic N) is 1. The predicted octanol–water partition coefficient (Wildman–Crippen LogP) is 5.10. The molecule has 0 aliphatic rings. The Kier molecular flexibility index (Phi) is 8.26. The summed E-state index contributed by atoms with van der Waals surface area (Å²) in [6, 6.07) is 10.5. The summed E-state index contributed by atoms with van der Waals surface area (Å²) in [6.45, 7) is 3.75. The lowest BCUT2D eigenvalue weighted by Gasteiger charge is -2.16. The molecule has 164 valence electrons. The van der Waals surface area contributed by atoms with E-state index in [1.807, 2.05) is 29.6 Å². The van der Waals surface area contributed by atoms with Gasteiger partial charge in [-0.25, -0.2) is 9.78 Å². The number of unbranched alkanes of at least 4 members (excludes halogenated alkanes) is 1. The van der Waals surface area contributed by atoms with Gasteiger partial charge in [0.05, 0.1) is 6.42 Å². The van der Waals surface area contributed by atoms with Crippen molar-refractivity contribution in [3.8, 4) is 5.06 Å². The van der Waals surface area contributed by atoms with E-state index in [0.29, 0.717) is 15.8 Å². The van der Waals surface area contributed by atoms with Gasteiger partial charge in [0.2, 0.25) is 5.91 Å². The van der Waals surface area contributed by atoms with Crippen molar-refractivity contribution >= 4 is 34.8 Å². The van der Waals surface area contributed by atoms with E-state index >= 15 is 0 Å². The first-order valence-corrected chi connectivity index (χ1v) is 11.6. The molecule has 1 unspecified atom stereocenters. The number of hydrogen-bond donors (Lipinski definition) is 2. The molecule has 3 rings (SSSR count). The quantitative estimate of drug-likeness (QED) is 0.413. The summed E-state index contributed by atoms with van der Waals surface area (Å²) < 4.78 is 5.23. The molecule has 2 heterocycles. The molecule has 31 heavy (non-hydrogen) atoms. The summed E-state index contributed by atoms with van der Waals surface area (Å²) in [5, 5.41) is 5.70. The fourth-order valence-electron chi connectivity index (χ4n) is 3.28. The summed E-state index contributed by atoms with van der Waals surface area (Å²) in [4.78, 5) is 32.3. The third-order valence-electron chi connectivity index (χ3n) is 4.88. The third kappa shape index (κ3) is 6.42. The Labute approximate surface area is 191 Å². The first-order valence-electron chi connectivity index (χ1n) is 10.3. The van der Waals surface area contributed by atoms with Gasteiger partial charge in [0.15, 0.2) is 5.06 Å². The maximum Gasteiger partial charge on any atom is 0.334 e. The number of rotatable bonds is 10. The Bertz CT molecular complexity index is 1000. The van der Waals surface area contributed by atoms with E-state index in [2.05, 4.69) is 22.2 Å². The molecule has 0 saturated heterocycles. The van der Waals surface area contributed by atoms with Gasteiger partial charge in [0.25, 0.3) is 0 Å². The van der Waals surface area contributed by atoms with Crippen LogP contribution in [0.25, 0.3) is 0 Å². The van der Waals surface area contributed by atoms with E-state index in [1.165, 1.54) is 11.3 Å². The summed E-state index contributed by atoms with van der Waals surface area (Å²) in [6.07, 6.45) is 4.77. The number of thiophene rings is 1. The molecular formula is C23H26ClN3O3S. The van der Waals surface area contributed by atoms with E-state index in [9.17, 15) is 9.59 Å². The molecule has 0 aliphatic carbocycles. The van der Waals surface area contributed by atoms with Gasteiger partial charge >= 0.3 is 5.97 Å². The lowest BCUT2D eigenvalue weighted by Crippen LogP contribution is -2.41. The van der Waals surface area contributed by atoms with E-state index in [4.69, 9.17) is 16.3 Å². The van der Waals surface area contributed by atoms with Crippen LogP contribution in [0.3, 0.4) is 0 Å². The molecule has 0 aliphatic heterocycles. The topological polar surface area (TPSA) is 84.1 Å². The van der Waals surface area contributed by atoms with Crippen LogP contribution in [0.2, 0.25) is 5.02 Å². The number of esters is 1. The van der Waals surface area contributed by atoms with Crippen LogP contribution < -0.4 is 10.1 Å². The van der Waals surface area contributed by atoms with Crippen LogP contribution in [0, 0.1) is 0 Å². The molecule has 3 aromatic rings. The first-order chi connectivity index (χ1) is 15.0. The van der Waals surface area contributed by atoms with E-state index in [0.717, 1.165) is 30.7 Å². The van der Waals surface area contributed by atoms with Crippen molar-refractivity contribution in [2.24, 2.45) is 0 Å². The van der Waals surface area contributed by atoms with Crippen LogP contribution in [0.1, 0.15) is 56.1 Å². The van der Waals surface area contributed by atoms with Gasteiger partial charge < -0.3 is 15.0 Å². The average molecular weight is 460 g/mol. The molecular weight excluding hydrogens is 434 g/mol. The SMILES string of the molecule is CCCCC(c1ncc(CC(=O)N[C@@H](C)C(=O)Oc2cccs2)[nH]1)c1ccccc1Cl. The molecule has 0 spiro atoms. The molecule has 8 heteroatoms. The molecule has 2 aromatic heterocycles. The van der Waals surface area contributed by atoms with Crippen molar-refractivity contribution in [1.29, 1.82) is 0 Å². The van der Waals surface area contributed by atoms with Gasteiger partial charge in [-0.15, -0.1) is 11.3 Å². The fourth-order valence-corrected chi connectivity index (χ4v) is 4.13. The maximum absolute atomic E-state index is 12.4. The van der Waals surface area contributed by atoms with Crippen LogP contribution >= 0.6 is 22.9 Å².